The van der Waals surface area contributed by atoms with Crippen LogP contribution in [0.25, 0.3) is 0 Å². The maximum atomic E-state index is 10.5. The molecule has 3 N–H and O–H groups in total. The number of guanidine groups is 1. The molecule has 0 aliphatic heterocycles. The number of aryl methyl sites for hydroxylation is 1. The molecule has 8 heteroatoms. The third kappa shape index (κ3) is 6.56. The summed E-state index contributed by atoms with van der Waals surface area (Å²) in [6, 6.07) is 7.51. The first-order chi connectivity index (χ1) is 13.0. The molecule has 1 unspecified atom stereocenters. The summed E-state index contributed by atoms with van der Waals surface area (Å²) >= 11 is 0. The number of aromatic nitrogens is 3. The van der Waals surface area contributed by atoms with Crippen molar-refractivity contribution in [2.75, 3.05) is 13.1 Å². The Morgan fingerprint density at radius 1 is 1.30 bits per heavy atom. The summed E-state index contributed by atoms with van der Waals surface area (Å²) in [5, 5.41) is 24.8. The lowest BCUT2D eigenvalue weighted by Crippen LogP contribution is -2.39. The molecule has 0 radical (unpaired) electrons. The number of rotatable bonds is 9. The van der Waals surface area contributed by atoms with Crippen molar-refractivity contribution in [3.63, 3.8) is 0 Å². The van der Waals surface area contributed by atoms with Crippen LogP contribution >= 0.6 is 0 Å². The highest BCUT2D eigenvalue weighted by Crippen LogP contribution is 2.19. The third-order valence-electron chi connectivity index (χ3n) is 3.84. The number of hydrogen-bond acceptors (Lipinski definition) is 5. The summed E-state index contributed by atoms with van der Waals surface area (Å²) in [6.45, 7) is 10.2. The zero-order valence-electron chi connectivity index (χ0n) is 16.5. The van der Waals surface area contributed by atoms with E-state index in [0.29, 0.717) is 19.0 Å². The van der Waals surface area contributed by atoms with E-state index in [1.165, 1.54) is 0 Å². The predicted molar refractivity (Wildman–Crippen MR) is 106 cm³/mol. The van der Waals surface area contributed by atoms with E-state index >= 15 is 0 Å². The molecule has 1 atom stereocenters. The van der Waals surface area contributed by atoms with E-state index in [0.717, 1.165) is 30.2 Å². The van der Waals surface area contributed by atoms with Gasteiger partial charge in [0.15, 0.2) is 11.8 Å². The van der Waals surface area contributed by atoms with Gasteiger partial charge in [0.25, 0.3) is 0 Å². The second kappa shape index (κ2) is 10.5. The van der Waals surface area contributed by atoms with Crippen molar-refractivity contribution < 1.29 is 9.84 Å². The summed E-state index contributed by atoms with van der Waals surface area (Å²) in [7, 11) is 0. The standard InChI is InChI=1S/C19H30N6O2/c1-5-20-19(22-12-18-24-23-13-25(18)6-2)21-11-17(26)15-8-7-9-16(10-15)27-14(3)4/h7-10,13-14,17,26H,5-6,11-12H2,1-4H3,(H2,20,21,22). The molecule has 0 saturated heterocycles. The number of aliphatic imine (C=N–C) groups is 1. The third-order valence-corrected chi connectivity index (χ3v) is 3.84. The van der Waals surface area contributed by atoms with Gasteiger partial charge >= 0.3 is 0 Å². The van der Waals surface area contributed by atoms with Crippen LogP contribution in [0.15, 0.2) is 35.6 Å². The Kier molecular flexibility index (Phi) is 8.06. The highest BCUT2D eigenvalue weighted by molar-refractivity contribution is 5.79. The monoisotopic (exact) mass is 374 g/mol. The maximum Gasteiger partial charge on any atom is 0.191 e. The zero-order chi connectivity index (χ0) is 19.6. The summed E-state index contributed by atoms with van der Waals surface area (Å²) in [5.74, 6) is 2.17. The molecular formula is C19H30N6O2. The summed E-state index contributed by atoms with van der Waals surface area (Å²) < 4.78 is 7.63. The maximum absolute atomic E-state index is 10.5. The van der Waals surface area contributed by atoms with Crippen LogP contribution in [0.4, 0.5) is 0 Å². The largest absolute Gasteiger partial charge is 0.491 e. The lowest BCUT2D eigenvalue weighted by Gasteiger charge is -2.17. The molecule has 0 bridgehead atoms. The molecule has 0 fully saturated rings. The molecule has 2 aromatic rings. The van der Waals surface area contributed by atoms with Crippen LogP contribution in [0.5, 0.6) is 5.75 Å². The van der Waals surface area contributed by atoms with Gasteiger partial charge in [-0.25, -0.2) is 4.99 Å². The Labute approximate surface area is 160 Å². The number of nitrogens with zero attached hydrogens (tertiary/aromatic N) is 4. The van der Waals surface area contributed by atoms with Crippen LogP contribution < -0.4 is 15.4 Å². The fourth-order valence-electron chi connectivity index (χ4n) is 2.54. The van der Waals surface area contributed by atoms with Gasteiger partial charge in [0.2, 0.25) is 0 Å². The second-order valence-corrected chi connectivity index (χ2v) is 6.36. The van der Waals surface area contributed by atoms with Crippen LogP contribution in [0.1, 0.15) is 45.2 Å². The molecule has 0 spiro atoms. The van der Waals surface area contributed by atoms with Crippen LogP contribution in [0, 0.1) is 0 Å². The number of benzene rings is 1. The van der Waals surface area contributed by atoms with Crippen molar-refractivity contribution in [3.8, 4) is 5.75 Å². The fraction of sp³-hybridized carbons (Fsp3) is 0.526. The van der Waals surface area contributed by atoms with Gasteiger partial charge in [0.1, 0.15) is 18.6 Å². The lowest BCUT2D eigenvalue weighted by atomic mass is 10.1. The van der Waals surface area contributed by atoms with E-state index in [1.807, 2.05) is 56.5 Å². The van der Waals surface area contributed by atoms with E-state index < -0.39 is 6.10 Å². The van der Waals surface area contributed by atoms with Crippen molar-refractivity contribution >= 4 is 5.96 Å². The molecule has 0 saturated carbocycles. The van der Waals surface area contributed by atoms with Crippen molar-refractivity contribution in [2.24, 2.45) is 4.99 Å². The SMILES string of the molecule is CCNC(=NCc1nncn1CC)NCC(O)c1cccc(OC(C)C)c1. The molecule has 0 aliphatic carbocycles. The Balaban J connectivity index is 1.97. The Morgan fingerprint density at radius 3 is 2.81 bits per heavy atom. The molecule has 8 nitrogen and oxygen atoms in total. The van der Waals surface area contributed by atoms with Gasteiger partial charge in [-0.05, 0) is 45.4 Å². The smallest absolute Gasteiger partial charge is 0.191 e. The van der Waals surface area contributed by atoms with Crippen molar-refractivity contribution in [3.05, 3.63) is 42.0 Å². The second-order valence-electron chi connectivity index (χ2n) is 6.36. The molecule has 0 amide bonds. The van der Waals surface area contributed by atoms with Gasteiger partial charge in [-0.1, -0.05) is 12.1 Å². The quantitative estimate of drug-likeness (QED) is 0.458. The zero-order valence-corrected chi connectivity index (χ0v) is 16.5. The van der Waals surface area contributed by atoms with Gasteiger partial charge in [-0.15, -0.1) is 10.2 Å². The normalized spacial score (nSPS) is 12.9. The molecule has 1 aromatic heterocycles. The lowest BCUT2D eigenvalue weighted by molar-refractivity contribution is 0.179. The predicted octanol–water partition coefficient (Wildman–Crippen LogP) is 1.87. The first kappa shape index (κ1) is 20.7. The number of aliphatic hydroxyl groups excluding tert-OH is 1. The van der Waals surface area contributed by atoms with Crippen molar-refractivity contribution in [1.82, 2.24) is 25.4 Å². The van der Waals surface area contributed by atoms with Crippen LogP contribution in [0.2, 0.25) is 0 Å². The number of nitrogens with one attached hydrogen (secondary N) is 2. The fourth-order valence-corrected chi connectivity index (χ4v) is 2.54. The minimum atomic E-state index is -0.677. The molecule has 0 aliphatic rings. The highest BCUT2D eigenvalue weighted by Gasteiger charge is 2.10. The molecule has 2 rings (SSSR count). The van der Waals surface area contributed by atoms with E-state index in [9.17, 15) is 5.11 Å². The van der Waals surface area contributed by atoms with Gasteiger partial charge < -0.3 is 25.0 Å². The van der Waals surface area contributed by atoms with E-state index in [4.69, 9.17) is 4.74 Å². The van der Waals surface area contributed by atoms with Crippen LogP contribution in [-0.4, -0.2) is 45.0 Å². The molecule has 1 heterocycles. The molecule has 1 aromatic carbocycles. The highest BCUT2D eigenvalue weighted by atomic mass is 16.5. The van der Waals surface area contributed by atoms with Crippen molar-refractivity contribution in [1.29, 1.82) is 0 Å². The summed E-state index contributed by atoms with van der Waals surface area (Å²) in [5.41, 5.74) is 0.794. The Hall–Kier alpha value is -2.61. The van der Waals surface area contributed by atoms with Gasteiger partial charge in [-0.2, -0.15) is 0 Å². The topological polar surface area (TPSA) is 96.6 Å². The van der Waals surface area contributed by atoms with Crippen molar-refractivity contribution in [2.45, 2.75) is 53.0 Å². The van der Waals surface area contributed by atoms with Gasteiger partial charge in [0.05, 0.1) is 12.2 Å². The van der Waals surface area contributed by atoms with Crippen LogP contribution in [0.3, 0.4) is 0 Å². The first-order valence-corrected chi connectivity index (χ1v) is 9.37. The number of ether oxygens (including phenoxy) is 1. The number of aliphatic hydroxyl groups is 1. The Morgan fingerprint density at radius 2 is 2.11 bits per heavy atom. The minimum absolute atomic E-state index is 0.0909. The van der Waals surface area contributed by atoms with Crippen LogP contribution in [-0.2, 0) is 13.1 Å². The molecule has 27 heavy (non-hydrogen) atoms. The van der Waals surface area contributed by atoms with E-state index in [-0.39, 0.29) is 6.10 Å². The van der Waals surface area contributed by atoms with Gasteiger partial charge in [0, 0.05) is 19.6 Å². The van der Waals surface area contributed by atoms with E-state index in [1.54, 1.807) is 6.33 Å². The first-order valence-electron chi connectivity index (χ1n) is 9.37. The summed E-state index contributed by atoms with van der Waals surface area (Å²) in [4.78, 5) is 4.52. The summed E-state index contributed by atoms with van der Waals surface area (Å²) in [6.07, 6.45) is 1.11. The van der Waals surface area contributed by atoms with E-state index in [2.05, 4.69) is 25.8 Å². The average molecular weight is 374 g/mol. The number of hydrogen-bond donors (Lipinski definition) is 3. The average Bonchev–Trinajstić information content (AvgIpc) is 3.11. The molecular weight excluding hydrogens is 344 g/mol. The minimum Gasteiger partial charge on any atom is -0.491 e. The van der Waals surface area contributed by atoms with Gasteiger partial charge in [-0.3, -0.25) is 0 Å². The Bertz CT molecular complexity index is 728. The molecule has 148 valence electrons.